The summed E-state index contributed by atoms with van der Waals surface area (Å²) in [6.45, 7) is 0. The fraction of sp³-hybridized carbons (Fsp3) is 0. The molecular weight excluding hydrogens is 403 g/mol. The van der Waals surface area contributed by atoms with E-state index in [9.17, 15) is 12.8 Å². The number of aromatic nitrogens is 1. The lowest BCUT2D eigenvalue weighted by Crippen LogP contribution is -2.15. The van der Waals surface area contributed by atoms with Gasteiger partial charge >= 0.3 is 0 Å². The van der Waals surface area contributed by atoms with Gasteiger partial charge in [-0.05, 0) is 46.3 Å². The van der Waals surface area contributed by atoms with Crippen molar-refractivity contribution in [1.29, 1.82) is 0 Å². The average molecular weight is 410 g/mol. The van der Waals surface area contributed by atoms with Crippen molar-refractivity contribution in [2.24, 2.45) is 0 Å². The lowest BCUT2D eigenvalue weighted by Gasteiger charge is -2.09. The summed E-state index contributed by atoms with van der Waals surface area (Å²) in [5.74, 6) is -0.832. The molecule has 0 aliphatic carbocycles. The first-order chi connectivity index (χ1) is 8.90. The highest BCUT2D eigenvalue weighted by atomic mass is 79.9. The number of pyridine rings is 1. The monoisotopic (exact) mass is 408 g/mol. The summed E-state index contributed by atoms with van der Waals surface area (Å²) in [6.07, 6.45) is 1.50. The van der Waals surface area contributed by atoms with Gasteiger partial charge in [-0.2, -0.15) is 0 Å². The lowest BCUT2D eigenvalue weighted by molar-refractivity contribution is 0.570. The summed E-state index contributed by atoms with van der Waals surface area (Å²) in [4.78, 5) is 3.46. The molecule has 1 aromatic carbocycles. The zero-order valence-electron chi connectivity index (χ0n) is 9.27. The normalized spacial score (nSPS) is 11.3. The van der Waals surface area contributed by atoms with Gasteiger partial charge in [0.1, 0.15) is 15.3 Å². The van der Waals surface area contributed by atoms with E-state index in [1.165, 1.54) is 24.4 Å². The van der Waals surface area contributed by atoms with Gasteiger partial charge in [-0.1, -0.05) is 15.9 Å². The highest BCUT2D eigenvalue weighted by Crippen LogP contribution is 2.25. The number of hydrogen-bond donors (Lipinski definition) is 1. The second-order valence-electron chi connectivity index (χ2n) is 3.52. The van der Waals surface area contributed by atoms with Crippen molar-refractivity contribution >= 4 is 47.6 Å². The average Bonchev–Trinajstić information content (AvgIpc) is 2.31. The first-order valence-corrected chi connectivity index (χ1v) is 8.05. The number of nitrogens with zero attached hydrogens (tertiary/aromatic N) is 1. The zero-order valence-corrected chi connectivity index (χ0v) is 13.3. The lowest BCUT2D eigenvalue weighted by atomic mass is 10.3. The maximum Gasteiger partial charge on any atom is 0.264 e. The van der Waals surface area contributed by atoms with Crippen LogP contribution < -0.4 is 4.72 Å². The van der Waals surface area contributed by atoms with Crippen LogP contribution in [0.15, 0.2) is 50.5 Å². The molecule has 0 spiro atoms. The molecule has 0 saturated heterocycles. The number of rotatable bonds is 3. The van der Waals surface area contributed by atoms with E-state index in [0.717, 1.165) is 6.07 Å². The summed E-state index contributed by atoms with van der Waals surface area (Å²) in [6, 6.07) is 6.82. The van der Waals surface area contributed by atoms with Crippen LogP contribution >= 0.6 is 31.9 Å². The minimum absolute atomic E-state index is 0.241. The third-order valence-corrected chi connectivity index (χ3v) is 4.71. The first kappa shape index (κ1) is 14.4. The molecule has 2 rings (SSSR count). The molecule has 0 aliphatic rings. The highest BCUT2D eigenvalue weighted by Gasteiger charge is 2.20. The Morgan fingerprint density at radius 3 is 2.58 bits per heavy atom. The Morgan fingerprint density at radius 1 is 1.21 bits per heavy atom. The maximum atomic E-state index is 13.7. The Kier molecular flexibility index (Phi) is 4.22. The van der Waals surface area contributed by atoms with Gasteiger partial charge in [0, 0.05) is 10.7 Å². The number of nitrogens with one attached hydrogen (secondary N) is 1. The molecule has 19 heavy (non-hydrogen) atoms. The number of hydrogen-bond acceptors (Lipinski definition) is 3. The van der Waals surface area contributed by atoms with Crippen molar-refractivity contribution in [3.05, 3.63) is 51.4 Å². The molecule has 1 N–H and O–H groups in total. The number of halogens is 3. The smallest absolute Gasteiger partial charge is 0.264 e. The molecule has 0 aliphatic heterocycles. The molecule has 0 radical (unpaired) electrons. The second kappa shape index (κ2) is 5.56. The highest BCUT2D eigenvalue weighted by molar-refractivity contribution is 9.10. The van der Waals surface area contributed by atoms with Gasteiger partial charge in [0.05, 0.1) is 5.69 Å². The van der Waals surface area contributed by atoms with Gasteiger partial charge in [0.25, 0.3) is 10.0 Å². The molecule has 100 valence electrons. The molecule has 0 bridgehead atoms. The van der Waals surface area contributed by atoms with Gasteiger partial charge in [0.15, 0.2) is 0 Å². The van der Waals surface area contributed by atoms with Crippen LogP contribution in [0.3, 0.4) is 0 Å². The molecule has 0 saturated carbocycles. The van der Waals surface area contributed by atoms with Crippen molar-refractivity contribution in [2.75, 3.05) is 4.72 Å². The fourth-order valence-electron chi connectivity index (χ4n) is 1.36. The minimum Gasteiger partial charge on any atom is -0.277 e. The molecular formula is C11H7Br2FN2O2S. The predicted molar refractivity (Wildman–Crippen MR) is 76.8 cm³/mol. The van der Waals surface area contributed by atoms with E-state index < -0.39 is 20.7 Å². The fourth-order valence-corrected chi connectivity index (χ4v) is 3.30. The van der Waals surface area contributed by atoms with Crippen molar-refractivity contribution in [2.45, 2.75) is 4.90 Å². The van der Waals surface area contributed by atoms with E-state index in [2.05, 4.69) is 41.6 Å². The van der Waals surface area contributed by atoms with Crippen LogP contribution in [-0.4, -0.2) is 13.4 Å². The van der Waals surface area contributed by atoms with Crippen LogP contribution in [0.1, 0.15) is 0 Å². The van der Waals surface area contributed by atoms with Crippen LogP contribution in [0, 0.1) is 5.82 Å². The largest absolute Gasteiger partial charge is 0.277 e. The van der Waals surface area contributed by atoms with E-state index in [4.69, 9.17) is 0 Å². The molecule has 2 aromatic rings. The van der Waals surface area contributed by atoms with E-state index in [0.29, 0.717) is 9.08 Å². The van der Waals surface area contributed by atoms with E-state index >= 15 is 0 Å². The van der Waals surface area contributed by atoms with Gasteiger partial charge < -0.3 is 0 Å². The van der Waals surface area contributed by atoms with Gasteiger partial charge in [-0.15, -0.1) is 0 Å². The molecule has 0 fully saturated rings. The molecule has 1 heterocycles. The first-order valence-electron chi connectivity index (χ1n) is 4.98. The summed E-state index contributed by atoms with van der Waals surface area (Å²) >= 11 is 6.18. The van der Waals surface area contributed by atoms with Crippen LogP contribution in [0.4, 0.5) is 10.1 Å². The van der Waals surface area contributed by atoms with Crippen molar-refractivity contribution < 1.29 is 12.8 Å². The van der Waals surface area contributed by atoms with Gasteiger partial charge in [0.2, 0.25) is 0 Å². The second-order valence-corrected chi connectivity index (χ2v) is 6.84. The van der Waals surface area contributed by atoms with Crippen LogP contribution in [-0.2, 0) is 10.0 Å². The molecule has 1 aromatic heterocycles. The van der Waals surface area contributed by atoms with Crippen LogP contribution in [0.5, 0.6) is 0 Å². The SMILES string of the molecule is O=S(=O)(Nc1cccnc1Br)c1ccc(Br)cc1F. The quantitative estimate of drug-likeness (QED) is 0.788. The Bertz CT molecular complexity index is 722. The predicted octanol–water partition coefficient (Wildman–Crippen LogP) is 3.55. The topological polar surface area (TPSA) is 59.1 Å². The van der Waals surface area contributed by atoms with Crippen molar-refractivity contribution in [1.82, 2.24) is 4.98 Å². The van der Waals surface area contributed by atoms with Gasteiger partial charge in [-0.3, -0.25) is 4.72 Å². The Balaban J connectivity index is 2.41. The van der Waals surface area contributed by atoms with E-state index in [-0.39, 0.29) is 5.69 Å². The molecule has 8 heteroatoms. The van der Waals surface area contributed by atoms with Crippen LogP contribution in [0.25, 0.3) is 0 Å². The molecule has 0 unspecified atom stereocenters. The minimum atomic E-state index is -4.00. The van der Waals surface area contributed by atoms with Gasteiger partial charge in [-0.25, -0.2) is 17.8 Å². The Morgan fingerprint density at radius 2 is 1.95 bits per heavy atom. The summed E-state index contributed by atoms with van der Waals surface area (Å²) < 4.78 is 40.9. The van der Waals surface area contributed by atoms with Crippen molar-refractivity contribution in [3.8, 4) is 0 Å². The van der Waals surface area contributed by atoms with E-state index in [1.54, 1.807) is 6.07 Å². The maximum absolute atomic E-state index is 13.7. The molecule has 0 amide bonds. The third-order valence-electron chi connectivity index (χ3n) is 2.19. The standard InChI is InChI=1S/C11H7Br2FN2O2S/c12-7-3-4-10(8(14)6-7)19(17,18)16-9-2-1-5-15-11(9)13/h1-6,16H. The summed E-state index contributed by atoms with van der Waals surface area (Å²) in [7, 11) is -4.00. The number of anilines is 1. The number of sulfonamides is 1. The van der Waals surface area contributed by atoms with Crippen LogP contribution in [0.2, 0.25) is 0 Å². The molecule has 4 nitrogen and oxygen atoms in total. The Hall–Kier alpha value is -0.990. The molecule has 0 atom stereocenters. The number of benzene rings is 1. The summed E-state index contributed by atoms with van der Waals surface area (Å²) in [5.41, 5.74) is 0.241. The van der Waals surface area contributed by atoms with Crippen molar-refractivity contribution in [3.63, 3.8) is 0 Å². The zero-order chi connectivity index (χ0) is 14.0. The van der Waals surface area contributed by atoms with E-state index in [1.807, 2.05) is 0 Å². The Labute approximate surface area is 126 Å². The summed E-state index contributed by atoms with van der Waals surface area (Å²) in [5, 5.41) is 0. The third kappa shape index (κ3) is 3.31.